The summed E-state index contributed by atoms with van der Waals surface area (Å²) in [5, 5.41) is 0. The fourth-order valence-electron chi connectivity index (χ4n) is 7.54. The van der Waals surface area contributed by atoms with Crippen molar-refractivity contribution in [3.8, 4) is 0 Å². The van der Waals surface area contributed by atoms with Crippen LogP contribution in [0.25, 0.3) is 0 Å². The van der Waals surface area contributed by atoms with Gasteiger partial charge in [-0.3, -0.25) is 9.98 Å². The van der Waals surface area contributed by atoms with E-state index in [0.717, 1.165) is 23.7 Å². The van der Waals surface area contributed by atoms with Crippen LogP contribution in [0, 0.1) is 23.7 Å². The van der Waals surface area contributed by atoms with Crippen LogP contribution in [0.3, 0.4) is 0 Å². The third-order valence-corrected chi connectivity index (χ3v) is 8.96. The van der Waals surface area contributed by atoms with Crippen molar-refractivity contribution in [2.75, 3.05) is 0 Å². The maximum Gasteiger partial charge on any atom is 0.0727 e. The van der Waals surface area contributed by atoms with E-state index >= 15 is 0 Å². The van der Waals surface area contributed by atoms with Crippen molar-refractivity contribution < 1.29 is 0 Å². The van der Waals surface area contributed by atoms with E-state index in [1.54, 1.807) is 11.4 Å². The normalized spacial score (nSPS) is 42.3. The molecule has 0 radical (unpaired) electrons. The Labute approximate surface area is 173 Å². The van der Waals surface area contributed by atoms with Gasteiger partial charge in [0.1, 0.15) is 0 Å². The predicted octanol–water partition coefficient (Wildman–Crippen LogP) is 7.16. The smallest absolute Gasteiger partial charge is 0.0727 e. The monoisotopic (exact) mass is 382 g/mol. The molecule has 0 bridgehead atoms. The largest absolute Gasteiger partial charge is 0.282 e. The number of nitrogens with zero attached hydrogens (tertiary/aromatic N) is 2. The molecule has 2 nitrogen and oxygen atoms in total. The molecule has 4 saturated carbocycles. The van der Waals surface area contributed by atoms with E-state index in [-0.39, 0.29) is 0 Å². The lowest BCUT2D eigenvalue weighted by Crippen LogP contribution is -2.51. The van der Waals surface area contributed by atoms with Gasteiger partial charge in [0.2, 0.25) is 0 Å². The van der Waals surface area contributed by atoms with E-state index in [1.165, 1.54) is 116 Å². The number of rotatable bonds is 0. The van der Waals surface area contributed by atoms with E-state index in [0.29, 0.717) is 12.1 Å². The molecule has 28 heavy (non-hydrogen) atoms. The second-order valence-electron chi connectivity index (χ2n) is 10.7. The van der Waals surface area contributed by atoms with Gasteiger partial charge in [0.25, 0.3) is 0 Å². The number of aliphatic imine (C=N–C) groups is 2. The first kappa shape index (κ1) is 19.3. The molecule has 0 amide bonds. The van der Waals surface area contributed by atoms with Crippen LogP contribution in [0.5, 0.6) is 0 Å². The average Bonchev–Trinajstić information content (AvgIpc) is 2.63. The molecule has 0 aromatic carbocycles. The molecular weight excluding hydrogens is 340 g/mol. The van der Waals surface area contributed by atoms with Crippen LogP contribution in [-0.4, -0.2) is 23.5 Å². The summed E-state index contributed by atoms with van der Waals surface area (Å²) in [7, 11) is 0. The Kier molecular flexibility index (Phi) is 6.21. The molecule has 5 aliphatic rings. The summed E-state index contributed by atoms with van der Waals surface area (Å²) in [4.78, 5) is 11.2. The van der Waals surface area contributed by atoms with Crippen LogP contribution in [-0.2, 0) is 0 Å². The number of hydrogen-bond donors (Lipinski definition) is 0. The van der Waals surface area contributed by atoms with E-state index in [2.05, 4.69) is 0 Å². The maximum atomic E-state index is 5.62. The molecule has 1 heterocycles. The summed E-state index contributed by atoms with van der Waals surface area (Å²) in [5.74, 6) is 3.36. The van der Waals surface area contributed by atoms with E-state index in [1.807, 2.05) is 0 Å². The SMILES string of the molecule is C1CCCC2N=C3C(=NC2CC1)C1CCCCCCC1C1CCCCCCC31. The Balaban J connectivity index is 1.51. The second kappa shape index (κ2) is 9.00. The zero-order valence-corrected chi connectivity index (χ0v) is 18.1. The van der Waals surface area contributed by atoms with Gasteiger partial charge >= 0.3 is 0 Å². The summed E-state index contributed by atoms with van der Waals surface area (Å²) in [6.07, 6.45) is 25.6. The van der Waals surface area contributed by atoms with Crippen molar-refractivity contribution in [1.29, 1.82) is 0 Å². The van der Waals surface area contributed by atoms with Gasteiger partial charge in [-0.1, -0.05) is 77.0 Å². The van der Waals surface area contributed by atoms with Gasteiger partial charge in [-0.25, -0.2) is 0 Å². The van der Waals surface area contributed by atoms with Crippen LogP contribution < -0.4 is 0 Å². The third-order valence-electron chi connectivity index (χ3n) is 8.96. The molecule has 0 aromatic rings. The van der Waals surface area contributed by atoms with Gasteiger partial charge in [0.15, 0.2) is 0 Å². The lowest BCUT2D eigenvalue weighted by Gasteiger charge is -2.49. The summed E-state index contributed by atoms with van der Waals surface area (Å²) in [5.41, 5.74) is 3.10. The first-order valence-corrected chi connectivity index (χ1v) is 13.1. The zero-order valence-electron chi connectivity index (χ0n) is 18.1. The van der Waals surface area contributed by atoms with Crippen LogP contribution in [0.2, 0.25) is 0 Å². The highest BCUT2D eigenvalue weighted by molar-refractivity contribution is 6.45. The molecule has 1 aliphatic heterocycles. The number of hydrogen-bond acceptors (Lipinski definition) is 2. The Bertz CT molecular complexity index is 539. The van der Waals surface area contributed by atoms with E-state index in [9.17, 15) is 0 Å². The van der Waals surface area contributed by atoms with Crippen LogP contribution in [0.15, 0.2) is 9.98 Å². The Hall–Kier alpha value is -0.660. The summed E-state index contributed by atoms with van der Waals surface area (Å²) in [6, 6.07) is 1.05. The van der Waals surface area contributed by atoms with Gasteiger partial charge in [-0.2, -0.15) is 0 Å². The summed E-state index contributed by atoms with van der Waals surface area (Å²) < 4.78 is 0. The average molecular weight is 383 g/mol. The van der Waals surface area contributed by atoms with Crippen molar-refractivity contribution in [3.05, 3.63) is 0 Å². The molecule has 156 valence electrons. The van der Waals surface area contributed by atoms with Gasteiger partial charge in [0.05, 0.1) is 23.5 Å². The second-order valence-corrected chi connectivity index (χ2v) is 10.7. The Morgan fingerprint density at radius 1 is 0.393 bits per heavy atom. The molecule has 5 rings (SSSR count). The van der Waals surface area contributed by atoms with Gasteiger partial charge in [-0.15, -0.1) is 0 Å². The lowest BCUT2D eigenvalue weighted by atomic mass is 9.58. The fraction of sp³-hybridized carbons (Fsp3) is 0.923. The predicted molar refractivity (Wildman–Crippen MR) is 120 cm³/mol. The minimum atomic E-state index is 0.523. The minimum Gasteiger partial charge on any atom is -0.282 e. The quantitative estimate of drug-likeness (QED) is 0.424. The molecule has 0 saturated heterocycles. The fourth-order valence-corrected chi connectivity index (χ4v) is 7.54. The van der Waals surface area contributed by atoms with Crippen LogP contribution in [0.1, 0.15) is 116 Å². The van der Waals surface area contributed by atoms with Crippen molar-refractivity contribution in [1.82, 2.24) is 0 Å². The highest BCUT2D eigenvalue weighted by Gasteiger charge is 2.47. The van der Waals surface area contributed by atoms with Crippen molar-refractivity contribution in [2.45, 2.75) is 128 Å². The molecule has 2 heteroatoms. The van der Waals surface area contributed by atoms with Gasteiger partial charge in [0, 0.05) is 11.8 Å². The summed E-state index contributed by atoms with van der Waals surface area (Å²) >= 11 is 0. The number of fused-ring (bicyclic) bond motifs is 7. The standard InChI is InChI=1S/C26H42N2/c1-3-9-15-21-19(13-7-1)20-14-8-2-4-10-16-22(20)26-25(21)27-23-17-11-5-6-12-18-24(23)28-26/h19-24H,1-18H2. The molecule has 6 unspecified atom stereocenters. The lowest BCUT2D eigenvalue weighted by molar-refractivity contribution is 0.152. The molecule has 0 N–H and O–H groups in total. The topological polar surface area (TPSA) is 24.7 Å². The molecule has 6 atom stereocenters. The molecule has 0 spiro atoms. The summed E-state index contributed by atoms with van der Waals surface area (Å²) in [6.45, 7) is 0. The van der Waals surface area contributed by atoms with Crippen molar-refractivity contribution in [2.24, 2.45) is 33.7 Å². The molecule has 4 aliphatic carbocycles. The molecular formula is C26H42N2. The van der Waals surface area contributed by atoms with E-state index in [4.69, 9.17) is 9.98 Å². The van der Waals surface area contributed by atoms with Crippen LogP contribution in [0.4, 0.5) is 0 Å². The van der Waals surface area contributed by atoms with Gasteiger partial charge < -0.3 is 0 Å². The van der Waals surface area contributed by atoms with E-state index < -0.39 is 0 Å². The highest BCUT2D eigenvalue weighted by Crippen LogP contribution is 2.48. The molecule has 4 fully saturated rings. The first-order chi connectivity index (χ1) is 13.9. The third kappa shape index (κ3) is 3.86. The maximum absolute atomic E-state index is 5.62. The minimum absolute atomic E-state index is 0.523. The first-order valence-electron chi connectivity index (χ1n) is 13.1. The van der Waals surface area contributed by atoms with Crippen LogP contribution >= 0.6 is 0 Å². The zero-order chi connectivity index (χ0) is 18.8. The Morgan fingerprint density at radius 3 is 1.18 bits per heavy atom. The van der Waals surface area contributed by atoms with Gasteiger partial charge in [-0.05, 0) is 50.4 Å². The Morgan fingerprint density at radius 2 is 0.750 bits per heavy atom. The van der Waals surface area contributed by atoms with Crippen molar-refractivity contribution in [3.63, 3.8) is 0 Å². The highest BCUT2D eigenvalue weighted by atomic mass is 15.0. The van der Waals surface area contributed by atoms with Crippen molar-refractivity contribution >= 4 is 11.4 Å². The molecule has 0 aromatic heterocycles.